The number of hydrogen-bond donors (Lipinski definition) is 2. The molecule has 6 heteroatoms. The number of aromatic nitrogens is 2. The molecule has 5 nitrogen and oxygen atoms in total. The summed E-state index contributed by atoms with van der Waals surface area (Å²) in [4.78, 5) is 9.13. The number of halogens is 1. The molecule has 2 aromatic rings. The van der Waals surface area contributed by atoms with Gasteiger partial charge in [-0.05, 0) is 56.6 Å². The van der Waals surface area contributed by atoms with Crippen LogP contribution in [0.4, 0.5) is 0 Å². The molecule has 0 unspecified atom stereocenters. The molecule has 28 heavy (non-hydrogen) atoms. The molecule has 1 aliphatic carbocycles. The predicted octanol–water partition coefficient (Wildman–Crippen LogP) is 4.49. The van der Waals surface area contributed by atoms with Gasteiger partial charge in [0.2, 0.25) is 0 Å². The largest absolute Gasteiger partial charge is 0.357 e. The molecule has 1 aliphatic rings. The molecular weight excluding hydrogens is 461 g/mol. The van der Waals surface area contributed by atoms with E-state index in [4.69, 9.17) is 4.99 Å². The molecule has 0 aliphatic heterocycles. The van der Waals surface area contributed by atoms with Crippen molar-refractivity contribution < 1.29 is 0 Å². The number of nitrogens with one attached hydrogen (secondary N) is 2. The summed E-state index contributed by atoms with van der Waals surface area (Å²) >= 11 is 0. The van der Waals surface area contributed by atoms with Gasteiger partial charge in [0.15, 0.2) is 5.96 Å². The number of guanidine groups is 1. The van der Waals surface area contributed by atoms with Crippen molar-refractivity contribution in [1.82, 2.24) is 20.2 Å². The Morgan fingerprint density at radius 3 is 2.64 bits per heavy atom. The van der Waals surface area contributed by atoms with Crippen LogP contribution in [0.1, 0.15) is 56.5 Å². The minimum absolute atomic E-state index is 0. The van der Waals surface area contributed by atoms with E-state index in [0.29, 0.717) is 12.6 Å². The number of imidazole rings is 1. The summed E-state index contributed by atoms with van der Waals surface area (Å²) in [7, 11) is 0. The highest BCUT2D eigenvalue weighted by molar-refractivity contribution is 14.0. The van der Waals surface area contributed by atoms with Crippen molar-refractivity contribution in [3.05, 3.63) is 53.6 Å². The molecule has 0 atom stereocenters. The topological polar surface area (TPSA) is 54.2 Å². The molecule has 1 saturated carbocycles. The minimum atomic E-state index is 0. The zero-order chi connectivity index (χ0) is 19.1. The number of hydrogen-bond acceptors (Lipinski definition) is 2. The predicted molar refractivity (Wildman–Crippen MR) is 127 cm³/mol. The van der Waals surface area contributed by atoms with Crippen molar-refractivity contribution in [2.24, 2.45) is 10.9 Å². The van der Waals surface area contributed by atoms with E-state index in [-0.39, 0.29) is 24.0 Å². The summed E-state index contributed by atoms with van der Waals surface area (Å²) in [5.74, 6) is 2.84. The van der Waals surface area contributed by atoms with Crippen LogP contribution in [0.3, 0.4) is 0 Å². The van der Waals surface area contributed by atoms with Crippen LogP contribution < -0.4 is 10.6 Å². The first kappa shape index (κ1) is 22.7. The van der Waals surface area contributed by atoms with Crippen LogP contribution in [0, 0.1) is 12.8 Å². The first-order chi connectivity index (χ1) is 13.1. The second kappa shape index (κ2) is 11.4. The van der Waals surface area contributed by atoms with E-state index in [2.05, 4.69) is 58.3 Å². The van der Waals surface area contributed by atoms with E-state index >= 15 is 0 Å². The molecule has 154 valence electrons. The van der Waals surface area contributed by atoms with Gasteiger partial charge in [0, 0.05) is 31.5 Å². The lowest BCUT2D eigenvalue weighted by atomic mass is 9.87. The highest BCUT2D eigenvalue weighted by Gasteiger charge is 2.18. The van der Waals surface area contributed by atoms with Gasteiger partial charge in [-0.2, -0.15) is 0 Å². The summed E-state index contributed by atoms with van der Waals surface area (Å²) in [5.41, 5.74) is 2.52. The lowest BCUT2D eigenvalue weighted by molar-refractivity contribution is 0.329. The van der Waals surface area contributed by atoms with Gasteiger partial charge in [-0.1, -0.05) is 31.2 Å². The molecule has 0 spiro atoms. The van der Waals surface area contributed by atoms with Crippen LogP contribution in [-0.2, 0) is 13.1 Å². The van der Waals surface area contributed by atoms with E-state index in [9.17, 15) is 0 Å². The van der Waals surface area contributed by atoms with Gasteiger partial charge in [0.05, 0.1) is 6.54 Å². The Morgan fingerprint density at radius 2 is 1.96 bits per heavy atom. The molecule has 1 heterocycles. The Kier molecular flexibility index (Phi) is 9.28. The van der Waals surface area contributed by atoms with E-state index in [1.807, 2.05) is 19.3 Å². The lowest BCUT2D eigenvalue weighted by Gasteiger charge is -2.28. The third-order valence-electron chi connectivity index (χ3n) is 5.39. The van der Waals surface area contributed by atoms with Gasteiger partial charge in [0.25, 0.3) is 0 Å². The molecule has 2 N–H and O–H groups in total. The van der Waals surface area contributed by atoms with Gasteiger partial charge in [-0.15, -0.1) is 24.0 Å². The van der Waals surface area contributed by atoms with Crippen LogP contribution in [0.5, 0.6) is 0 Å². The fraction of sp³-hybridized carbons (Fsp3) is 0.545. The van der Waals surface area contributed by atoms with Gasteiger partial charge in [0.1, 0.15) is 5.82 Å². The second-order valence-electron chi connectivity index (χ2n) is 7.72. The van der Waals surface area contributed by atoms with Crippen molar-refractivity contribution in [2.45, 2.75) is 65.6 Å². The van der Waals surface area contributed by atoms with Gasteiger partial charge in [-0.3, -0.25) is 0 Å². The molecule has 1 fully saturated rings. The Morgan fingerprint density at radius 1 is 1.21 bits per heavy atom. The van der Waals surface area contributed by atoms with Gasteiger partial charge < -0.3 is 15.2 Å². The number of rotatable bonds is 6. The van der Waals surface area contributed by atoms with Gasteiger partial charge in [-0.25, -0.2) is 9.98 Å². The molecular formula is C22H34IN5. The van der Waals surface area contributed by atoms with Crippen molar-refractivity contribution in [2.75, 3.05) is 6.54 Å². The first-order valence-corrected chi connectivity index (χ1v) is 10.2. The Labute approximate surface area is 186 Å². The maximum atomic E-state index is 4.83. The second-order valence-corrected chi connectivity index (χ2v) is 7.72. The average Bonchev–Trinajstić information content (AvgIpc) is 3.07. The third kappa shape index (κ3) is 6.79. The summed E-state index contributed by atoms with van der Waals surface area (Å²) in [6.45, 7) is 8.93. The highest BCUT2D eigenvalue weighted by atomic mass is 127. The van der Waals surface area contributed by atoms with Gasteiger partial charge >= 0.3 is 0 Å². The number of nitrogens with zero attached hydrogens (tertiary/aromatic N) is 3. The Balaban J connectivity index is 0.00000280. The smallest absolute Gasteiger partial charge is 0.191 e. The molecule has 0 bridgehead atoms. The van der Waals surface area contributed by atoms with Crippen LogP contribution in [-0.4, -0.2) is 28.1 Å². The average molecular weight is 495 g/mol. The summed E-state index contributed by atoms with van der Waals surface area (Å²) in [5, 5.41) is 7.03. The van der Waals surface area contributed by atoms with Crippen molar-refractivity contribution in [3.63, 3.8) is 0 Å². The Bertz CT molecular complexity index is 747. The Hall–Kier alpha value is -1.57. The van der Waals surface area contributed by atoms with E-state index in [1.165, 1.54) is 36.8 Å². The minimum Gasteiger partial charge on any atom is -0.357 e. The molecule has 0 amide bonds. The number of aryl methyl sites for hydroxylation is 1. The van der Waals surface area contributed by atoms with E-state index in [1.54, 1.807) is 0 Å². The zero-order valence-electron chi connectivity index (χ0n) is 17.3. The van der Waals surface area contributed by atoms with Crippen LogP contribution in [0.15, 0.2) is 41.7 Å². The van der Waals surface area contributed by atoms with Crippen molar-refractivity contribution in [3.8, 4) is 0 Å². The molecule has 3 rings (SSSR count). The van der Waals surface area contributed by atoms with E-state index < -0.39 is 0 Å². The fourth-order valence-electron chi connectivity index (χ4n) is 3.68. The van der Waals surface area contributed by atoms with Crippen LogP contribution in [0.2, 0.25) is 0 Å². The normalized spacial score (nSPS) is 19.8. The number of benzene rings is 1. The first-order valence-electron chi connectivity index (χ1n) is 10.2. The monoisotopic (exact) mass is 495 g/mol. The SMILES string of the molecule is CCNC(=NCc1cccc(Cn2ccnc2C)c1)NC1CCC(C)CC1.I. The standard InChI is InChI=1S/C22H33N5.HI/c1-4-23-22(26-21-10-8-17(2)9-11-21)25-15-19-6-5-7-20(14-19)16-27-13-12-24-18(27)3;/h5-7,12-14,17,21H,4,8-11,15-16H2,1-3H3,(H2,23,25,26);1H. The molecule has 1 aromatic heterocycles. The summed E-state index contributed by atoms with van der Waals surface area (Å²) in [6, 6.07) is 9.23. The van der Waals surface area contributed by atoms with Crippen LogP contribution >= 0.6 is 24.0 Å². The maximum absolute atomic E-state index is 4.83. The lowest BCUT2D eigenvalue weighted by Crippen LogP contribution is -2.44. The van der Waals surface area contributed by atoms with Crippen molar-refractivity contribution >= 4 is 29.9 Å². The molecule has 1 aromatic carbocycles. The maximum Gasteiger partial charge on any atom is 0.191 e. The number of aliphatic imine (C=N–C) groups is 1. The molecule has 0 saturated heterocycles. The quantitative estimate of drug-likeness (QED) is 0.353. The van der Waals surface area contributed by atoms with Crippen molar-refractivity contribution in [1.29, 1.82) is 0 Å². The molecule has 0 radical (unpaired) electrons. The fourth-order valence-corrected chi connectivity index (χ4v) is 3.68. The third-order valence-corrected chi connectivity index (χ3v) is 5.39. The van der Waals surface area contributed by atoms with Crippen LogP contribution in [0.25, 0.3) is 0 Å². The van der Waals surface area contributed by atoms with E-state index in [0.717, 1.165) is 30.8 Å². The summed E-state index contributed by atoms with van der Waals surface area (Å²) in [6.07, 6.45) is 8.98. The highest BCUT2D eigenvalue weighted by Crippen LogP contribution is 2.23. The summed E-state index contributed by atoms with van der Waals surface area (Å²) < 4.78 is 2.16. The zero-order valence-corrected chi connectivity index (χ0v) is 19.6.